The van der Waals surface area contributed by atoms with Crippen LogP contribution in [0.1, 0.15) is 37.9 Å². The van der Waals surface area contributed by atoms with Crippen molar-refractivity contribution in [2.45, 2.75) is 32.1 Å². The van der Waals surface area contributed by atoms with Crippen LogP contribution >= 0.6 is 0 Å². The fraction of sp³-hybridized carbons (Fsp3) is 0.500. The van der Waals surface area contributed by atoms with Gasteiger partial charge in [-0.05, 0) is 43.4 Å². The minimum absolute atomic E-state index is 0.121. The Hall–Kier alpha value is -2.32. The van der Waals surface area contributed by atoms with Gasteiger partial charge >= 0.3 is 0 Å². The fourth-order valence-electron chi connectivity index (χ4n) is 4.44. The second-order valence-corrected chi connectivity index (χ2v) is 7.36. The van der Waals surface area contributed by atoms with Crippen LogP contribution in [0.25, 0.3) is 16.6 Å². The zero-order valence-corrected chi connectivity index (χ0v) is 14.4. The molecule has 1 saturated heterocycles. The normalized spacial score (nSPS) is 25.2. The number of nitrogens with one attached hydrogen (secondary N) is 1. The second-order valence-electron chi connectivity index (χ2n) is 7.36. The number of likely N-dealkylation sites (tertiary alicyclic amines) is 1. The molecule has 1 saturated carbocycles. The van der Waals surface area contributed by atoms with Crippen LogP contribution in [0, 0.1) is 23.2 Å². The molecule has 0 radical (unpaired) electrons. The van der Waals surface area contributed by atoms with Crippen molar-refractivity contribution in [3.8, 4) is 6.07 Å². The van der Waals surface area contributed by atoms with Crippen LogP contribution in [0.4, 0.5) is 0 Å². The van der Waals surface area contributed by atoms with Gasteiger partial charge in [0, 0.05) is 6.54 Å². The highest BCUT2D eigenvalue weighted by Gasteiger charge is 2.31. The lowest BCUT2D eigenvalue weighted by molar-refractivity contribution is 0.0862. The number of fused-ring (bicyclic) bond motifs is 2. The number of aromatic nitrogens is 2. The van der Waals surface area contributed by atoms with Crippen LogP contribution < -0.4 is 0 Å². The van der Waals surface area contributed by atoms with E-state index in [0.29, 0.717) is 12.4 Å². The van der Waals surface area contributed by atoms with E-state index in [0.717, 1.165) is 36.0 Å². The van der Waals surface area contributed by atoms with Crippen molar-refractivity contribution < 1.29 is 5.11 Å². The van der Waals surface area contributed by atoms with Crippen LogP contribution in [0.2, 0.25) is 0 Å². The summed E-state index contributed by atoms with van der Waals surface area (Å²) < 4.78 is 0. The molecular formula is C20H24N4O. The summed E-state index contributed by atoms with van der Waals surface area (Å²) in [5.41, 5.74) is 1.93. The number of allylic oxidation sites excluding steroid dienone is 1. The zero-order valence-electron chi connectivity index (χ0n) is 14.4. The Labute approximate surface area is 148 Å². The molecule has 130 valence electrons. The van der Waals surface area contributed by atoms with Crippen LogP contribution in [-0.2, 0) is 0 Å². The number of hydrogen-bond donors (Lipinski definition) is 2. The molecule has 5 nitrogen and oxygen atoms in total. The van der Waals surface area contributed by atoms with Gasteiger partial charge in [-0.2, -0.15) is 5.26 Å². The molecule has 2 aromatic rings. The molecule has 4 rings (SSSR count). The summed E-state index contributed by atoms with van der Waals surface area (Å²) in [5.74, 6) is 2.19. The fourth-order valence-corrected chi connectivity index (χ4v) is 4.44. The first-order valence-corrected chi connectivity index (χ1v) is 9.24. The molecule has 1 aliphatic carbocycles. The predicted octanol–water partition coefficient (Wildman–Crippen LogP) is 3.87. The average Bonchev–Trinajstić information content (AvgIpc) is 3.05. The van der Waals surface area contributed by atoms with Gasteiger partial charge in [0.15, 0.2) is 5.82 Å². The van der Waals surface area contributed by atoms with Gasteiger partial charge in [-0.1, -0.05) is 31.4 Å². The number of piperidine rings is 1. The van der Waals surface area contributed by atoms with Crippen molar-refractivity contribution in [1.29, 1.82) is 5.26 Å². The van der Waals surface area contributed by atoms with Crippen LogP contribution in [0.15, 0.2) is 30.0 Å². The van der Waals surface area contributed by atoms with E-state index in [1.165, 1.54) is 32.1 Å². The third-order valence-electron chi connectivity index (χ3n) is 5.78. The van der Waals surface area contributed by atoms with Crippen molar-refractivity contribution in [1.82, 2.24) is 14.9 Å². The maximum atomic E-state index is 10.6. The molecule has 1 aliphatic heterocycles. The van der Waals surface area contributed by atoms with E-state index in [1.54, 1.807) is 0 Å². The second kappa shape index (κ2) is 6.89. The van der Waals surface area contributed by atoms with Gasteiger partial charge in [-0.15, -0.1) is 0 Å². The van der Waals surface area contributed by atoms with Gasteiger partial charge < -0.3 is 10.1 Å². The number of aromatic amines is 1. The topological polar surface area (TPSA) is 75.9 Å². The number of aliphatic hydroxyl groups is 1. The van der Waals surface area contributed by atoms with E-state index in [-0.39, 0.29) is 11.3 Å². The molecule has 25 heavy (non-hydrogen) atoms. The van der Waals surface area contributed by atoms with E-state index in [4.69, 9.17) is 0 Å². The maximum Gasteiger partial charge on any atom is 0.152 e. The molecular weight excluding hydrogens is 312 g/mol. The Morgan fingerprint density at radius 1 is 1.24 bits per heavy atom. The highest BCUT2D eigenvalue weighted by atomic mass is 16.3. The van der Waals surface area contributed by atoms with Gasteiger partial charge in [0.05, 0.1) is 17.6 Å². The maximum absolute atomic E-state index is 10.6. The monoisotopic (exact) mass is 336 g/mol. The van der Waals surface area contributed by atoms with Gasteiger partial charge in [-0.25, -0.2) is 4.98 Å². The van der Waals surface area contributed by atoms with E-state index in [1.807, 2.05) is 24.3 Å². The highest BCUT2D eigenvalue weighted by molar-refractivity contribution is 5.82. The summed E-state index contributed by atoms with van der Waals surface area (Å²) in [7, 11) is 0. The van der Waals surface area contributed by atoms with E-state index < -0.39 is 0 Å². The van der Waals surface area contributed by atoms with Gasteiger partial charge in [0.1, 0.15) is 17.4 Å². The van der Waals surface area contributed by atoms with E-state index in [9.17, 15) is 10.4 Å². The largest absolute Gasteiger partial charge is 0.509 e. The number of para-hydroxylation sites is 2. The summed E-state index contributed by atoms with van der Waals surface area (Å²) in [6.45, 7) is 2.47. The summed E-state index contributed by atoms with van der Waals surface area (Å²) in [6, 6.07) is 9.79. The van der Waals surface area contributed by atoms with E-state index >= 15 is 0 Å². The van der Waals surface area contributed by atoms with Gasteiger partial charge in [-0.3, -0.25) is 4.90 Å². The van der Waals surface area contributed by atoms with Crippen LogP contribution in [-0.4, -0.2) is 39.6 Å². The number of benzene rings is 1. The third-order valence-corrected chi connectivity index (χ3v) is 5.78. The lowest BCUT2D eigenvalue weighted by atomic mass is 9.75. The van der Waals surface area contributed by atoms with Crippen molar-refractivity contribution in [2.24, 2.45) is 11.8 Å². The summed E-state index contributed by atoms with van der Waals surface area (Å²) in [6.07, 6.45) is 6.59. The van der Waals surface area contributed by atoms with Crippen molar-refractivity contribution in [3.05, 3.63) is 35.8 Å². The number of nitrogens with zero attached hydrogens (tertiary/aromatic N) is 3. The summed E-state index contributed by atoms with van der Waals surface area (Å²) in [5, 5.41) is 20.1. The van der Waals surface area contributed by atoms with Crippen LogP contribution in [0.3, 0.4) is 0 Å². The first-order chi connectivity index (χ1) is 12.2. The molecule has 0 amide bonds. The molecule has 0 bridgehead atoms. The van der Waals surface area contributed by atoms with Crippen LogP contribution in [0.5, 0.6) is 0 Å². The lowest BCUT2D eigenvalue weighted by Gasteiger charge is -2.41. The molecule has 2 heterocycles. The molecule has 1 aromatic carbocycles. The molecule has 0 spiro atoms. The Balaban J connectivity index is 1.52. The van der Waals surface area contributed by atoms with Crippen molar-refractivity contribution in [3.63, 3.8) is 0 Å². The number of aliphatic hydroxyl groups excluding tert-OH is 1. The van der Waals surface area contributed by atoms with Gasteiger partial charge in [0.25, 0.3) is 0 Å². The Morgan fingerprint density at radius 2 is 2.04 bits per heavy atom. The average molecular weight is 336 g/mol. The number of H-pyrrole nitrogens is 1. The first-order valence-electron chi connectivity index (χ1n) is 9.24. The Morgan fingerprint density at radius 3 is 2.84 bits per heavy atom. The molecule has 5 heteroatoms. The quantitative estimate of drug-likeness (QED) is 0.659. The molecule has 1 aromatic heterocycles. The van der Waals surface area contributed by atoms with Crippen molar-refractivity contribution in [2.75, 3.05) is 19.6 Å². The summed E-state index contributed by atoms with van der Waals surface area (Å²) >= 11 is 0. The van der Waals surface area contributed by atoms with Gasteiger partial charge in [0.2, 0.25) is 0 Å². The number of rotatable bonds is 3. The highest BCUT2D eigenvalue weighted by Crippen LogP contribution is 2.36. The number of hydrogen-bond acceptors (Lipinski definition) is 4. The minimum Gasteiger partial charge on any atom is -0.509 e. The standard InChI is InChI=1S/C20H24N4O/c21-11-16(20-22-17-7-3-4-8-18(17)23-20)19(25)13-24-10-9-14-5-1-2-6-15(14)12-24/h3-4,7-8,14-15,25H,1-2,5-6,9-10,12-13H2,(H,22,23)/t14-,15+/m1/s1. The Kier molecular flexibility index (Phi) is 4.46. The molecule has 2 atom stereocenters. The molecule has 0 unspecified atom stereocenters. The zero-order chi connectivity index (χ0) is 17.2. The number of nitriles is 1. The SMILES string of the molecule is N#CC(=C(O)CN1CC[C@H]2CCCC[C@H]2C1)c1nc2ccccc2[nH]1. The molecule has 2 N–H and O–H groups in total. The third kappa shape index (κ3) is 3.27. The van der Waals surface area contributed by atoms with Crippen molar-refractivity contribution >= 4 is 16.6 Å². The Bertz CT molecular complexity index is 799. The van der Waals surface area contributed by atoms with E-state index in [2.05, 4.69) is 20.9 Å². The minimum atomic E-state index is 0.121. The molecule has 2 aliphatic rings. The lowest BCUT2D eigenvalue weighted by Crippen LogP contribution is -2.42. The predicted molar refractivity (Wildman–Crippen MR) is 97.8 cm³/mol. The smallest absolute Gasteiger partial charge is 0.152 e. The molecule has 2 fully saturated rings. The number of imidazole rings is 1. The summed E-state index contributed by atoms with van der Waals surface area (Å²) in [4.78, 5) is 9.88. The first kappa shape index (κ1) is 16.2.